The maximum absolute atomic E-state index is 12.1. The molecule has 0 saturated carbocycles. The molecule has 6 nitrogen and oxygen atoms in total. The largest absolute Gasteiger partial charge is 0.489 e. The lowest BCUT2D eigenvalue weighted by molar-refractivity contribution is -0.120. The molecule has 158 valence electrons. The summed E-state index contributed by atoms with van der Waals surface area (Å²) in [6, 6.07) is 22.8. The lowest BCUT2D eigenvalue weighted by Gasteiger charge is -2.07. The summed E-state index contributed by atoms with van der Waals surface area (Å²) in [7, 11) is 0. The van der Waals surface area contributed by atoms with Crippen molar-refractivity contribution in [3.8, 4) is 5.75 Å². The number of rotatable bonds is 8. The maximum atomic E-state index is 12.1. The number of amides is 2. The SMILES string of the molecule is Cc1ccc(COc2ccc(/C=N\NC(=O)CNC(=O)c3ccccc3C)cc2)cc1. The number of carbonyl (C=O) groups is 2. The van der Waals surface area contributed by atoms with Gasteiger partial charge in [0.25, 0.3) is 11.8 Å². The molecule has 0 atom stereocenters. The highest BCUT2D eigenvalue weighted by Gasteiger charge is 2.09. The van der Waals surface area contributed by atoms with E-state index in [4.69, 9.17) is 4.74 Å². The van der Waals surface area contributed by atoms with Gasteiger partial charge >= 0.3 is 0 Å². The molecule has 3 aromatic rings. The van der Waals surface area contributed by atoms with E-state index in [-0.39, 0.29) is 12.5 Å². The van der Waals surface area contributed by atoms with Crippen LogP contribution in [-0.4, -0.2) is 24.6 Å². The Morgan fingerprint density at radius 2 is 1.65 bits per heavy atom. The van der Waals surface area contributed by atoms with Crippen molar-refractivity contribution in [2.24, 2.45) is 5.10 Å². The van der Waals surface area contributed by atoms with Crippen LogP contribution in [-0.2, 0) is 11.4 Å². The molecular weight excluding hydrogens is 390 g/mol. The number of nitrogens with zero attached hydrogens (tertiary/aromatic N) is 1. The fourth-order valence-electron chi connectivity index (χ4n) is 2.80. The zero-order valence-corrected chi connectivity index (χ0v) is 17.6. The Labute approximate surface area is 182 Å². The summed E-state index contributed by atoms with van der Waals surface area (Å²) >= 11 is 0. The quantitative estimate of drug-likeness (QED) is 0.434. The molecule has 0 spiro atoms. The van der Waals surface area contributed by atoms with Crippen LogP contribution in [0.5, 0.6) is 5.75 Å². The summed E-state index contributed by atoms with van der Waals surface area (Å²) in [6.45, 7) is 4.24. The highest BCUT2D eigenvalue weighted by molar-refractivity contribution is 5.97. The van der Waals surface area contributed by atoms with Gasteiger partial charge in [0.1, 0.15) is 12.4 Å². The van der Waals surface area contributed by atoms with E-state index >= 15 is 0 Å². The zero-order valence-electron chi connectivity index (χ0n) is 17.6. The highest BCUT2D eigenvalue weighted by Crippen LogP contribution is 2.14. The molecule has 0 bridgehead atoms. The Hall–Kier alpha value is -3.93. The van der Waals surface area contributed by atoms with Crippen molar-refractivity contribution >= 4 is 18.0 Å². The second-order valence-electron chi connectivity index (χ2n) is 7.13. The van der Waals surface area contributed by atoms with Crippen LogP contribution in [0.1, 0.15) is 32.6 Å². The van der Waals surface area contributed by atoms with Gasteiger partial charge in [-0.05, 0) is 60.9 Å². The zero-order chi connectivity index (χ0) is 22.1. The Bertz CT molecular complexity index is 1060. The molecule has 3 rings (SSSR count). The van der Waals surface area contributed by atoms with Crippen LogP contribution in [0.25, 0.3) is 0 Å². The van der Waals surface area contributed by atoms with E-state index in [2.05, 4.69) is 34.9 Å². The maximum Gasteiger partial charge on any atom is 0.259 e. The Morgan fingerprint density at radius 3 is 2.35 bits per heavy atom. The van der Waals surface area contributed by atoms with Gasteiger partial charge in [0.15, 0.2) is 0 Å². The van der Waals surface area contributed by atoms with Crippen molar-refractivity contribution in [3.63, 3.8) is 0 Å². The van der Waals surface area contributed by atoms with Gasteiger partial charge in [-0.3, -0.25) is 9.59 Å². The highest BCUT2D eigenvalue weighted by atomic mass is 16.5. The van der Waals surface area contributed by atoms with Crippen LogP contribution in [0.2, 0.25) is 0 Å². The lowest BCUT2D eigenvalue weighted by Crippen LogP contribution is -2.35. The van der Waals surface area contributed by atoms with E-state index in [0.717, 1.165) is 22.4 Å². The molecule has 3 aromatic carbocycles. The van der Waals surface area contributed by atoms with Crippen molar-refractivity contribution < 1.29 is 14.3 Å². The van der Waals surface area contributed by atoms with E-state index in [0.29, 0.717) is 12.2 Å². The number of aryl methyl sites for hydroxylation is 2. The van der Waals surface area contributed by atoms with Crippen molar-refractivity contribution in [3.05, 3.63) is 101 Å². The summed E-state index contributed by atoms with van der Waals surface area (Å²) < 4.78 is 5.77. The standard InChI is InChI=1S/C25H25N3O3/c1-18-7-9-21(10-8-18)17-31-22-13-11-20(12-14-22)15-27-28-24(29)16-26-25(30)23-6-4-3-5-19(23)2/h3-15H,16-17H2,1-2H3,(H,26,30)(H,28,29)/b27-15-. The summed E-state index contributed by atoms with van der Waals surface area (Å²) in [4.78, 5) is 24.0. The smallest absolute Gasteiger partial charge is 0.259 e. The van der Waals surface area contributed by atoms with Crippen LogP contribution in [0.15, 0.2) is 77.9 Å². The first-order valence-corrected chi connectivity index (χ1v) is 9.95. The second kappa shape index (κ2) is 10.7. The third-order valence-corrected chi connectivity index (χ3v) is 4.61. The van der Waals surface area contributed by atoms with Gasteiger partial charge in [0, 0.05) is 5.56 Å². The molecule has 0 radical (unpaired) electrons. The number of hydrogen-bond acceptors (Lipinski definition) is 4. The monoisotopic (exact) mass is 415 g/mol. The van der Waals surface area contributed by atoms with Gasteiger partial charge < -0.3 is 10.1 Å². The molecule has 0 heterocycles. The number of ether oxygens (including phenoxy) is 1. The van der Waals surface area contributed by atoms with Crippen molar-refractivity contribution in [1.29, 1.82) is 0 Å². The molecule has 31 heavy (non-hydrogen) atoms. The normalized spacial score (nSPS) is 10.6. The predicted molar refractivity (Wildman–Crippen MR) is 121 cm³/mol. The van der Waals surface area contributed by atoms with Crippen LogP contribution < -0.4 is 15.5 Å². The molecule has 0 fully saturated rings. The van der Waals surface area contributed by atoms with Crippen molar-refractivity contribution in [1.82, 2.24) is 10.7 Å². The molecule has 0 aliphatic rings. The van der Waals surface area contributed by atoms with Gasteiger partial charge in [-0.25, -0.2) is 5.43 Å². The van der Waals surface area contributed by atoms with Gasteiger partial charge in [-0.2, -0.15) is 5.10 Å². The first kappa shape index (κ1) is 21.8. The van der Waals surface area contributed by atoms with Gasteiger partial charge in [-0.1, -0.05) is 48.0 Å². The minimum absolute atomic E-state index is 0.156. The molecule has 0 saturated heterocycles. The molecule has 6 heteroatoms. The molecule has 0 unspecified atom stereocenters. The third-order valence-electron chi connectivity index (χ3n) is 4.61. The third kappa shape index (κ3) is 6.82. The Morgan fingerprint density at radius 1 is 0.935 bits per heavy atom. The lowest BCUT2D eigenvalue weighted by atomic mass is 10.1. The van der Waals surface area contributed by atoms with E-state index in [1.165, 1.54) is 11.8 Å². The number of hydrogen-bond donors (Lipinski definition) is 2. The molecular formula is C25H25N3O3. The summed E-state index contributed by atoms with van der Waals surface area (Å²) in [5, 5.41) is 6.51. The van der Waals surface area contributed by atoms with E-state index in [1.54, 1.807) is 12.1 Å². The molecule has 0 aliphatic heterocycles. The minimum atomic E-state index is -0.406. The van der Waals surface area contributed by atoms with E-state index < -0.39 is 5.91 Å². The number of hydrazone groups is 1. The first-order chi connectivity index (χ1) is 15.0. The van der Waals surface area contributed by atoms with Crippen molar-refractivity contribution in [2.45, 2.75) is 20.5 Å². The first-order valence-electron chi connectivity index (χ1n) is 9.95. The molecule has 2 N–H and O–H groups in total. The summed E-state index contributed by atoms with van der Waals surface area (Å²) in [5.74, 6) is 0.0513. The molecule has 2 amide bonds. The van der Waals surface area contributed by atoms with Crippen LogP contribution >= 0.6 is 0 Å². The van der Waals surface area contributed by atoms with E-state index in [9.17, 15) is 9.59 Å². The van der Waals surface area contributed by atoms with Gasteiger partial charge in [0.2, 0.25) is 0 Å². The van der Waals surface area contributed by atoms with Crippen LogP contribution in [0.3, 0.4) is 0 Å². The number of nitrogens with one attached hydrogen (secondary N) is 2. The van der Waals surface area contributed by atoms with Gasteiger partial charge in [0.05, 0.1) is 12.8 Å². The molecule has 0 aliphatic carbocycles. The Kier molecular flexibility index (Phi) is 7.54. The van der Waals surface area contributed by atoms with E-state index in [1.807, 2.05) is 55.5 Å². The average molecular weight is 415 g/mol. The number of carbonyl (C=O) groups excluding carboxylic acids is 2. The van der Waals surface area contributed by atoms with Crippen molar-refractivity contribution in [2.75, 3.05) is 6.54 Å². The summed E-state index contributed by atoms with van der Waals surface area (Å²) in [5.41, 5.74) is 6.93. The number of benzene rings is 3. The fourth-order valence-corrected chi connectivity index (χ4v) is 2.80. The van der Waals surface area contributed by atoms with Crippen LogP contribution in [0, 0.1) is 13.8 Å². The fraction of sp³-hybridized carbons (Fsp3) is 0.160. The van der Waals surface area contributed by atoms with Gasteiger partial charge in [-0.15, -0.1) is 0 Å². The second-order valence-corrected chi connectivity index (χ2v) is 7.13. The molecule has 0 aromatic heterocycles. The minimum Gasteiger partial charge on any atom is -0.489 e. The average Bonchev–Trinajstić information content (AvgIpc) is 2.78. The topological polar surface area (TPSA) is 79.8 Å². The van der Waals surface area contributed by atoms with Crippen LogP contribution in [0.4, 0.5) is 0 Å². The Balaban J connectivity index is 1.41. The predicted octanol–water partition coefficient (Wildman–Crippen LogP) is 3.76. The summed E-state index contributed by atoms with van der Waals surface area (Å²) in [6.07, 6.45) is 1.53.